The first-order chi connectivity index (χ1) is 16.7. The quantitative estimate of drug-likeness (QED) is 0.493. The normalized spacial score (nSPS) is 27.7. The molecule has 1 saturated heterocycles. The van der Waals surface area contributed by atoms with Gasteiger partial charge in [0.1, 0.15) is 5.82 Å². The molecule has 0 bridgehead atoms. The molecule has 2 fully saturated rings. The van der Waals surface area contributed by atoms with Crippen molar-refractivity contribution in [3.8, 4) is 0 Å². The summed E-state index contributed by atoms with van der Waals surface area (Å²) < 4.78 is 18.6. The summed E-state index contributed by atoms with van der Waals surface area (Å²) >= 11 is 1.02. The number of rotatable bonds is 7. The van der Waals surface area contributed by atoms with Gasteiger partial charge in [-0.05, 0) is 75.4 Å². The van der Waals surface area contributed by atoms with E-state index in [-0.39, 0.29) is 24.3 Å². The van der Waals surface area contributed by atoms with E-state index in [1.807, 2.05) is 50.5 Å². The Morgan fingerprint density at radius 3 is 2.43 bits per heavy atom. The Morgan fingerprint density at radius 2 is 1.89 bits per heavy atom. The summed E-state index contributed by atoms with van der Waals surface area (Å²) in [6.07, 6.45) is 1.93. The van der Waals surface area contributed by atoms with Crippen LogP contribution in [0.4, 0.5) is 9.18 Å². The number of primary amides is 1. The Labute approximate surface area is 210 Å². The van der Waals surface area contributed by atoms with E-state index in [0.29, 0.717) is 19.3 Å². The first kappa shape index (κ1) is 25.5. The molecule has 2 atom stereocenters. The molecule has 7 nitrogen and oxygen atoms in total. The Kier molecular flexibility index (Phi) is 7.40. The van der Waals surface area contributed by atoms with Gasteiger partial charge in [0.2, 0.25) is 5.91 Å². The molecule has 35 heavy (non-hydrogen) atoms. The maximum atomic E-state index is 14.0. The predicted octanol–water partition coefficient (Wildman–Crippen LogP) is 4.22. The summed E-state index contributed by atoms with van der Waals surface area (Å²) in [5.41, 5.74) is 6.32. The first-order valence-electron chi connectivity index (χ1n) is 11.9. The monoisotopic (exact) mass is 500 g/mol. The van der Waals surface area contributed by atoms with E-state index in [4.69, 9.17) is 5.73 Å². The molecule has 9 heteroatoms. The third-order valence-corrected chi connectivity index (χ3v) is 8.78. The molecule has 0 radical (unpaired) electrons. The van der Waals surface area contributed by atoms with Crippen LogP contribution in [0.15, 0.2) is 54.6 Å². The van der Waals surface area contributed by atoms with E-state index < -0.39 is 23.0 Å². The third-order valence-electron chi connectivity index (χ3n) is 7.79. The molecule has 0 aromatic heterocycles. The lowest BCUT2D eigenvalue weighted by Crippen LogP contribution is -2.64. The summed E-state index contributed by atoms with van der Waals surface area (Å²) in [5.74, 6) is -0.462. The Bertz CT molecular complexity index is 1060. The SMILES string of the molecule is CN(C)C(c1cccc(F)c1)C1CCC(C(N)=O)(C2(Cc3ccccc3)CN(C(=O)O)SN2)CC1. The number of hydrogen-bond donors (Lipinski definition) is 3. The molecule has 2 unspecified atom stereocenters. The number of carbonyl (C=O) groups is 2. The number of amides is 2. The minimum Gasteiger partial charge on any atom is -0.464 e. The minimum atomic E-state index is -1.05. The van der Waals surface area contributed by atoms with Gasteiger partial charge in [-0.15, -0.1) is 0 Å². The average Bonchev–Trinajstić information content (AvgIpc) is 3.26. The molecule has 2 aromatic carbocycles. The van der Waals surface area contributed by atoms with Crippen LogP contribution in [0, 0.1) is 17.2 Å². The smallest absolute Gasteiger partial charge is 0.418 e. The number of benzene rings is 2. The molecular formula is C26H33FN4O3S. The van der Waals surface area contributed by atoms with Crippen molar-refractivity contribution in [1.82, 2.24) is 13.9 Å². The maximum absolute atomic E-state index is 14.0. The fraction of sp³-hybridized carbons (Fsp3) is 0.462. The van der Waals surface area contributed by atoms with Crippen molar-refractivity contribution in [2.75, 3.05) is 20.6 Å². The van der Waals surface area contributed by atoms with Crippen molar-refractivity contribution in [2.45, 2.75) is 43.7 Å². The first-order valence-corrected chi connectivity index (χ1v) is 12.7. The van der Waals surface area contributed by atoms with E-state index in [1.54, 1.807) is 12.1 Å². The second-order valence-electron chi connectivity index (χ2n) is 10.0. The fourth-order valence-electron chi connectivity index (χ4n) is 6.11. The lowest BCUT2D eigenvalue weighted by atomic mass is 9.57. The summed E-state index contributed by atoms with van der Waals surface area (Å²) in [6, 6.07) is 16.5. The van der Waals surface area contributed by atoms with Gasteiger partial charge >= 0.3 is 6.09 Å². The molecule has 2 aliphatic rings. The second kappa shape index (κ2) is 10.2. The van der Waals surface area contributed by atoms with E-state index in [0.717, 1.165) is 36.1 Å². The number of halogens is 1. The van der Waals surface area contributed by atoms with Gasteiger partial charge < -0.3 is 15.7 Å². The van der Waals surface area contributed by atoms with Gasteiger partial charge in [0.25, 0.3) is 0 Å². The highest BCUT2D eigenvalue weighted by Gasteiger charge is 2.60. The highest BCUT2D eigenvalue weighted by atomic mass is 32.2. The number of nitrogens with two attached hydrogens (primary N) is 1. The zero-order valence-corrected chi connectivity index (χ0v) is 20.9. The van der Waals surface area contributed by atoms with Crippen molar-refractivity contribution in [2.24, 2.45) is 17.1 Å². The van der Waals surface area contributed by atoms with Gasteiger partial charge in [-0.1, -0.05) is 42.5 Å². The van der Waals surface area contributed by atoms with Gasteiger partial charge in [0, 0.05) is 18.2 Å². The van der Waals surface area contributed by atoms with Crippen molar-refractivity contribution in [3.05, 3.63) is 71.5 Å². The van der Waals surface area contributed by atoms with Crippen LogP contribution in [0.1, 0.15) is 42.9 Å². The standard InChI is InChI=1S/C26H33FN4O3S/c1-30(2)22(20-9-6-10-21(27)15-20)19-11-13-25(14-12-19,23(28)32)26(16-18-7-4-3-5-8-18)17-31(24(33)34)35-29-26/h3-10,15,19,22,29H,11-14,16-17H2,1-2H3,(H2,28,32)(H,33,34). The second-order valence-corrected chi connectivity index (χ2v) is 10.8. The molecule has 1 saturated carbocycles. The van der Waals surface area contributed by atoms with Gasteiger partial charge in [-0.25, -0.2) is 18.2 Å². The van der Waals surface area contributed by atoms with Crippen molar-refractivity contribution >= 4 is 24.1 Å². The maximum Gasteiger partial charge on any atom is 0.418 e. The Balaban J connectivity index is 1.65. The minimum absolute atomic E-state index is 0.00285. The number of carbonyl (C=O) groups excluding carboxylic acids is 1. The van der Waals surface area contributed by atoms with E-state index in [9.17, 15) is 19.1 Å². The largest absolute Gasteiger partial charge is 0.464 e. The zero-order chi connectivity index (χ0) is 25.2. The van der Waals surface area contributed by atoms with Gasteiger partial charge in [0.15, 0.2) is 0 Å². The molecule has 2 aromatic rings. The number of hydrogen-bond acceptors (Lipinski definition) is 5. The van der Waals surface area contributed by atoms with E-state index >= 15 is 0 Å². The van der Waals surface area contributed by atoms with Gasteiger partial charge in [-0.2, -0.15) is 0 Å². The van der Waals surface area contributed by atoms with Crippen LogP contribution >= 0.6 is 12.1 Å². The van der Waals surface area contributed by atoms with Crippen LogP contribution in [0.3, 0.4) is 0 Å². The van der Waals surface area contributed by atoms with Gasteiger partial charge in [-0.3, -0.25) is 4.79 Å². The molecule has 4 N–H and O–H groups in total. The topological polar surface area (TPSA) is 98.9 Å². The highest BCUT2D eigenvalue weighted by molar-refractivity contribution is 7.95. The highest BCUT2D eigenvalue weighted by Crippen LogP contribution is 2.53. The summed E-state index contributed by atoms with van der Waals surface area (Å²) in [5, 5.41) is 9.67. The van der Waals surface area contributed by atoms with Crippen LogP contribution in [0.25, 0.3) is 0 Å². The summed E-state index contributed by atoms with van der Waals surface area (Å²) in [7, 11) is 3.98. The van der Waals surface area contributed by atoms with Crippen LogP contribution in [-0.4, -0.2) is 52.5 Å². The predicted molar refractivity (Wildman–Crippen MR) is 135 cm³/mol. The van der Waals surface area contributed by atoms with Crippen molar-refractivity contribution in [3.63, 3.8) is 0 Å². The zero-order valence-electron chi connectivity index (χ0n) is 20.1. The number of nitrogens with one attached hydrogen (secondary N) is 1. The third kappa shape index (κ3) is 4.90. The average molecular weight is 501 g/mol. The lowest BCUT2D eigenvalue weighted by molar-refractivity contribution is -0.136. The number of nitrogens with zero attached hydrogens (tertiary/aromatic N) is 2. The van der Waals surface area contributed by atoms with Gasteiger partial charge in [0.05, 0.1) is 17.5 Å². The molecule has 188 valence electrons. The summed E-state index contributed by atoms with van der Waals surface area (Å²) in [6.45, 7) is 0.163. The Morgan fingerprint density at radius 1 is 1.20 bits per heavy atom. The summed E-state index contributed by atoms with van der Waals surface area (Å²) in [4.78, 5) is 27.1. The van der Waals surface area contributed by atoms with Crippen LogP contribution < -0.4 is 10.5 Å². The Hall–Kier alpha value is -2.62. The molecule has 1 aliphatic heterocycles. The van der Waals surface area contributed by atoms with Crippen molar-refractivity contribution in [1.29, 1.82) is 0 Å². The van der Waals surface area contributed by atoms with E-state index in [1.165, 1.54) is 10.4 Å². The number of carboxylic acid groups (broad SMARTS) is 1. The molecule has 1 heterocycles. The molecular weight excluding hydrogens is 467 g/mol. The van der Waals surface area contributed by atoms with Crippen LogP contribution in [0.5, 0.6) is 0 Å². The fourth-order valence-corrected chi connectivity index (χ4v) is 7.09. The molecule has 4 rings (SSSR count). The van der Waals surface area contributed by atoms with Crippen LogP contribution in [-0.2, 0) is 11.2 Å². The van der Waals surface area contributed by atoms with E-state index in [2.05, 4.69) is 9.62 Å². The molecule has 0 spiro atoms. The lowest BCUT2D eigenvalue weighted by Gasteiger charge is -2.50. The van der Waals surface area contributed by atoms with Crippen molar-refractivity contribution < 1.29 is 19.1 Å². The molecule has 1 aliphatic carbocycles. The molecule has 2 amide bonds. The van der Waals surface area contributed by atoms with Crippen LogP contribution in [0.2, 0.25) is 0 Å².